The van der Waals surface area contributed by atoms with Crippen molar-refractivity contribution in [2.75, 3.05) is 0 Å². The molecule has 0 aliphatic heterocycles. The lowest BCUT2D eigenvalue weighted by Gasteiger charge is -2.11. The van der Waals surface area contributed by atoms with Crippen LogP contribution in [-0.4, -0.2) is 16.2 Å². The quantitative estimate of drug-likeness (QED) is 0.348. The molecular weight excluding hydrogens is 364 g/mol. The number of rotatable bonds is 3. The van der Waals surface area contributed by atoms with E-state index >= 15 is 0 Å². The van der Waals surface area contributed by atoms with E-state index in [1.807, 2.05) is 38.1 Å². The zero-order valence-corrected chi connectivity index (χ0v) is 16.1. The molecule has 0 aliphatic carbocycles. The van der Waals surface area contributed by atoms with Crippen molar-refractivity contribution in [2.24, 2.45) is 0 Å². The molecule has 4 nitrogen and oxygen atoms in total. The number of hydrogen-bond donors (Lipinski definition) is 2. The SMILES string of the molecule is Cc1cc(-c2ccc(OC(=O)c3ccc4cc(O)ccc4c3)c(C)c2)ccc1O. The Kier molecular flexibility index (Phi) is 4.69. The van der Waals surface area contributed by atoms with Gasteiger partial charge in [-0.15, -0.1) is 0 Å². The summed E-state index contributed by atoms with van der Waals surface area (Å²) >= 11 is 0. The average Bonchev–Trinajstić information content (AvgIpc) is 2.71. The van der Waals surface area contributed by atoms with Crippen LogP contribution in [0.4, 0.5) is 0 Å². The first-order chi connectivity index (χ1) is 13.9. The number of carbonyl (C=O) groups excluding carboxylic acids is 1. The van der Waals surface area contributed by atoms with E-state index in [0.29, 0.717) is 11.3 Å². The Balaban J connectivity index is 1.58. The summed E-state index contributed by atoms with van der Waals surface area (Å²) in [5.74, 6) is 0.519. The molecule has 2 N–H and O–H groups in total. The number of carbonyl (C=O) groups is 1. The highest BCUT2D eigenvalue weighted by Gasteiger charge is 2.12. The summed E-state index contributed by atoms with van der Waals surface area (Å²) in [6.07, 6.45) is 0. The summed E-state index contributed by atoms with van der Waals surface area (Å²) in [5, 5.41) is 21.0. The van der Waals surface area contributed by atoms with Gasteiger partial charge in [0, 0.05) is 0 Å². The van der Waals surface area contributed by atoms with Crippen molar-refractivity contribution in [2.45, 2.75) is 13.8 Å². The van der Waals surface area contributed by atoms with E-state index in [1.54, 1.807) is 48.5 Å². The summed E-state index contributed by atoms with van der Waals surface area (Å²) in [4.78, 5) is 12.6. The highest BCUT2D eigenvalue weighted by atomic mass is 16.5. The molecule has 0 bridgehead atoms. The molecule has 0 saturated carbocycles. The minimum absolute atomic E-state index is 0.187. The van der Waals surface area contributed by atoms with Crippen LogP contribution in [0.3, 0.4) is 0 Å². The molecule has 0 atom stereocenters. The first kappa shape index (κ1) is 18.6. The highest BCUT2D eigenvalue weighted by Crippen LogP contribution is 2.30. The number of fused-ring (bicyclic) bond motifs is 1. The molecule has 4 aromatic rings. The Hall–Kier alpha value is -3.79. The number of aryl methyl sites for hydroxylation is 2. The number of phenolic OH excluding ortho intramolecular Hbond substituents is 2. The topological polar surface area (TPSA) is 66.8 Å². The van der Waals surface area contributed by atoms with Crippen LogP contribution < -0.4 is 4.74 Å². The fraction of sp³-hybridized carbons (Fsp3) is 0.0800. The summed E-state index contributed by atoms with van der Waals surface area (Å²) in [5.41, 5.74) is 4.06. The van der Waals surface area contributed by atoms with Crippen LogP contribution in [0.15, 0.2) is 72.8 Å². The third-order valence-electron chi connectivity index (χ3n) is 4.97. The van der Waals surface area contributed by atoms with Gasteiger partial charge in [-0.25, -0.2) is 4.79 Å². The maximum atomic E-state index is 12.6. The van der Waals surface area contributed by atoms with Gasteiger partial charge in [-0.05, 0) is 95.4 Å². The van der Waals surface area contributed by atoms with Gasteiger partial charge in [-0.1, -0.05) is 24.3 Å². The number of aromatic hydroxyl groups is 2. The predicted octanol–water partition coefficient (Wildman–Crippen LogP) is 5.75. The van der Waals surface area contributed by atoms with Gasteiger partial charge in [-0.3, -0.25) is 0 Å². The lowest BCUT2D eigenvalue weighted by molar-refractivity contribution is 0.0733. The Morgan fingerprint density at radius 1 is 0.724 bits per heavy atom. The standard InChI is InChI=1S/C25H20O4/c1-15-11-17(6-9-23(15)27)18-7-10-24(16(2)12-18)29-25(28)21-4-3-20-14-22(26)8-5-19(20)13-21/h3-14,26-27H,1-2H3. The molecule has 0 amide bonds. The second-order valence-electron chi connectivity index (χ2n) is 7.12. The Morgan fingerprint density at radius 3 is 2.10 bits per heavy atom. The monoisotopic (exact) mass is 384 g/mol. The summed E-state index contributed by atoms with van der Waals surface area (Å²) < 4.78 is 5.61. The van der Waals surface area contributed by atoms with Crippen molar-refractivity contribution >= 4 is 16.7 Å². The molecule has 0 unspecified atom stereocenters. The van der Waals surface area contributed by atoms with Crippen molar-refractivity contribution in [1.82, 2.24) is 0 Å². The molecule has 0 aromatic heterocycles. The Morgan fingerprint density at radius 2 is 1.38 bits per heavy atom. The third kappa shape index (κ3) is 3.78. The van der Waals surface area contributed by atoms with Crippen LogP contribution in [0, 0.1) is 13.8 Å². The van der Waals surface area contributed by atoms with Crippen molar-refractivity contribution in [3.05, 3.63) is 89.5 Å². The van der Waals surface area contributed by atoms with Gasteiger partial charge in [0.15, 0.2) is 0 Å². The van der Waals surface area contributed by atoms with Gasteiger partial charge in [0.1, 0.15) is 17.2 Å². The minimum atomic E-state index is -0.434. The minimum Gasteiger partial charge on any atom is -0.508 e. The molecule has 0 fully saturated rings. The molecule has 0 radical (unpaired) electrons. The van der Waals surface area contributed by atoms with Gasteiger partial charge < -0.3 is 14.9 Å². The van der Waals surface area contributed by atoms with Gasteiger partial charge in [0.2, 0.25) is 0 Å². The van der Waals surface area contributed by atoms with Crippen LogP contribution >= 0.6 is 0 Å². The second kappa shape index (κ2) is 7.32. The van der Waals surface area contributed by atoms with E-state index in [9.17, 15) is 15.0 Å². The summed E-state index contributed by atoms with van der Waals surface area (Å²) in [6.45, 7) is 3.75. The van der Waals surface area contributed by atoms with Crippen LogP contribution in [-0.2, 0) is 0 Å². The lowest BCUT2D eigenvalue weighted by atomic mass is 10.0. The Labute approximate surface area is 168 Å². The summed E-state index contributed by atoms with van der Waals surface area (Å²) in [7, 11) is 0. The number of esters is 1. The predicted molar refractivity (Wildman–Crippen MR) is 114 cm³/mol. The van der Waals surface area contributed by atoms with E-state index in [-0.39, 0.29) is 11.5 Å². The molecule has 144 valence electrons. The smallest absolute Gasteiger partial charge is 0.343 e. The number of hydrogen-bond acceptors (Lipinski definition) is 4. The molecule has 0 saturated heterocycles. The maximum absolute atomic E-state index is 12.6. The van der Waals surface area contributed by atoms with Crippen molar-refractivity contribution < 1.29 is 19.7 Å². The fourth-order valence-corrected chi connectivity index (χ4v) is 3.30. The average molecular weight is 384 g/mol. The zero-order valence-electron chi connectivity index (χ0n) is 16.1. The molecule has 0 spiro atoms. The first-order valence-electron chi connectivity index (χ1n) is 9.26. The zero-order chi connectivity index (χ0) is 20.5. The number of benzene rings is 4. The van der Waals surface area contributed by atoms with Crippen LogP contribution in [0.25, 0.3) is 21.9 Å². The molecule has 0 heterocycles. The van der Waals surface area contributed by atoms with Gasteiger partial charge >= 0.3 is 5.97 Å². The van der Waals surface area contributed by atoms with Gasteiger partial charge in [0.25, 0.3) is 0 Å². The van der Waals surface area contributed by atoms with E-state index in [2.05, 4.69) is 0 Å². The van der Waals surface area contributed by atoms with Crippen LogP contribution in [0.5, 0.6) is 17.2 Å². The fourth-order valence-electron chi connectivity index (χ4n) is 3.30. The van der Waals surface area contributed by atoms with Gasteiger partial charge in [0.05, 0.1) is 5.56 Å². The third-order valence-corrected chi connectivity index (χ3v) is 4.97. The van der Waals surface area contributed by atoms with Crippen LogP contribution in [0.1, 0.15) is 21.5 Å². The lowest BCUT2D eigenvalue weighted by Crippen LogP contribution is -2.09. The molecular formula is C25H20O4. The summed E-state index contributed by atoms with van der Waals surface area (Å²) in [6, 6.07) is 21.3. The van der Waals surface area contributed by atoms with Crippen molar-refractivity contribution in [1.29, 1.82) is 0 Å². The second-order valence-corrected chi connectivity index (χ2v) is 7.12. The van der Waals surface area contributed by atoms with Crippen LogP contribution in [0.2, 0.25) is 0 Å². The largest absolute Gasteiger partial charge is 0.508 e. The molecule has 4 aromatic carbocycles. The van der Waals surface area contributed by atoms with E-state index in [4.69, 9.17) is 4.74 Å². The van der Waals surface area contributed by atoms with E-state index in [1.165, 1.54) is 0 Å². The first-order valence-corrected chi connectivity index (χ1v) is 9.26. The molecule has 4 heteroatoms. The Bertz CT molecular complexity index is 1240. The molecule has 0 aliphatic rings. The number of phenols is 2. The van der Waals surface area contributed by atoms with E-state index in [0.717, 1.165) is 33.0 Å². The maximum Gasteiger partial charge on any atom is 0.343 e. The van der Waals surface area contributed by atoms with Gasteiger partial charge in [-0.2, -0.15) is 0 Å². The van der Waals surface area contributed by atoms with Crippen molar-refractivity contribution in [3.63, 3.8) is 0 Å². The number of ether oxygens (including phenoxy) is 1. The highest BCUT2D eigenvalue weighted by molar-refractivity contribution is 5.96. The normalized spacial score (nSPS) is 10.8. The van der Waals surface area contributed by atoms with Crippen molar-refractivity contribution in [3.8, 4) is 28.4 Å². The molecule has 29 heavy (non-hydrogen) atoms. The molecule has 4 rings (SSSR count). The van der Waals surface area contributed by atoms with E-state index < -0.39 is 5.97 Å².